The minimum absolute atomic E-state index is 0.217. The molecule has 0 bridgehead atoms. The topological polar surface area (TPSA) is 49.0 Å². The molecule has 1 heterocycles. The number of benzene rings is 1. The van der Waals surface area contributed by atoms with E-state index in [1.54, 1.807) is 0 Å². The first kappa shape index (κ1) is 17.1. The van der Waals surface area contributed by atoms with Gasteiger partial charge in [-0.3, -0.25) is 4.79 Å². The first-order valence-electron chi connectivity index (χ1n) is 10.1. The molecule has 0 radical (unpaired) electrons. The van der Waals surface area contributed by atoms with E-state index in [1.165, 1.54) is 19.3 Å². The molecule has 2 fully saturated rings. The van der Waals surface area contributed by atoms with Gasteiger partial charge in [0.2, 0.25) is 0 Å². The molecule has 1 aromatic heterocycles. The van der Waals surface area contributed by atoms with Gasteiger partial charge in [0.15, 0.2) is 0 Å². The molecule has 0 unspecified atom stereocenters. The predicted molar refractivity (Wildman–Crippen MR) is 103 cm³/mol. The number of hydrogen-bond acceptors (Lipinski definition) is 2. The van der Waals surface area contributed by atoms with Crippen LogP contribution < -0.4 is 0 Å². The molecular formula is C22H27N3O. The third kappa shape index (κ3) is 3.35. The van der Waals surface area contributed by atoms with E-state index in [-0.39, 0.29) is 5.91 Å². The van der Waals surface area contributed by atoms with Crippen molar-refractivity contribution in [3.8, 4) is 6.07 Å². The van der Waals surface area contributed by atoms with E-state index in [1.807, 2.05) is 18.3 Å². The van der Waals surface area contributed by atoms with Gasteiger partial charge in [0, 0.05) is 42.1 Å². The Balaban J connectivity index is 1.66. The number of aromatic nitrogens is 1. The summed E-state index contributed by atoms with van der Waals surface area (Å²) in [5, 5.41) is 9.87. The van der Waals surface area contributed by atoms with E-state index < -0.39 is 0 Å². The molecule has 0 atom stereocenters. The number of rotatable bonds is 6. The number of carbonyl (C=O) groups excluding carboxylic acids is 1. The number of amides is 1. The fourth-order valence-corrected chi connectivity index (χ4v) is 4.41. The Morgan fingerprint density at radius 1 is 1.12 bits per heavy atom. The summed E-state index contributed by atoms with van der Waals surface area (Å²) >= 11 is 0. The predicted octanol–water partition coefficient (Wildman–Crippen LogP) is 4.88. The van der Waals surface area contributed by atoms with Gasteiger partial charge in [-0.25, -0.2) is 0 Å². The summed E-state index contributed by atoms with van der Waals surface area (Å²) in [6.45, 7) is 0.786. The summed E-state index contributed by atoms with van der Waals surface area (Å²) in [4.78, 5) is 15.8. The highest BCUT2D eigenvalue weighted by molar-refractivity contribution is 6.07. The number of nitrogens with zero attached hydrogens (tertiary/aromatic N) is 3. The largest absolute Gasteiger partial charge is 0.347 e. The van der Waals surface area contributed by atoms with Gasteiger partial charge in [-0.2, -0.15) is 5.26 Å². The van der Waals surface area contributed by atoms with Crippen molar-refractivity contribution in [3.63, 3.8) is 0 Å². The van der Waals surface area contributed by atoms with Crippen LogP contribution in [-0.2, 0) is 6.54 Å². The Bertz CT molecular complexity index is 822. The first-order chi connectivity index (χ1) is 12.8. The van der Waals surface area contributed by atoms with Crippen LogP contribution in [0, 0.1) is 11.3 Å². The van der Waals surface area contributed by atoms with E-state index in [0.717, 1.165) is 55.1 Å². The van der Waals surface area contributed by atoms with Gasteiger partial charge in [0.1, 0.15) is 0 Å². The monoisotopic (exact) mass is 349 g/mol. The minimum atomic E-state index is 0.217. The molecular weight excluding hydrogens is 322 g/mol. The number of nitriles is 1. The summed E-state index contributed by atoms with van der Waals surface area (Å²) in [6.07, 6.45) is 11.8. The highest BCUT2D eigenvalue weighted by Crippen LogP contribution is 2.36. The van der Waals surface area contributed by atoms with Crippen LogP contribution in [0.25, 0.3) is 10.9 Å². The zero-order valence-electron chi connectivity index (χ0n) is 15.4. The number of unbranched alkanes of at least 4 members (excludes halogenated alkanes) is 1. The molecule has 26 heavy (non-hydrogen) atoms. The average Bonchev–Trinajstić information content (AvgIpc) is 3.44. The third-order valence-electron chi connectivity index (χ3n) is 5.85. The molecule has 2 aliphatic carbocycles. The molecule has 4 heteroatoms. The van der Waals surface area contributed by atoms with Crippen LogP contribution >= 0.6 is 0 Å². The van der Waals surface area contributed by atoms with Crippen molar-refractivity contribution in [2.45, 2.75) is 76.4 Å². The van der Waals surface area contributed by atoms with Gasteiger partial charge in [-0.15, -0.1) is 0 Å². The van der Waals surface area contributed by atoms with Crippen LogP contribution in [0.1, 0.15) is 68.1 Å². The van der Waals surface area contributed by atoms with Crippen molar-refractivity contribution in [2.75, 3.05) is 0 Å². The Morgan fingerprint density at radius 2 is 1.85 bits per heavy atom. The molecule has 0 saturated heterocycles. The molecule has 2 aliphatic rings. The van der Waals surface area contributed by atoms with E-state index >= 15 is 0 Å². The van der Waals surface area contributed by atoms with Crippen molar-refractivity contribution >= 4 is 16.8 Å². The SMILES string of the molecule is N#CCCCn1cc(C(=O)N(C2CCCCC2)C2CC2)c2ccccc21. The third-order valence-corrected chi connectivity index (χ3v) is 5.85. The van der Waals surface area contributed by atoms with Gasteiger partial charge in [0.05, 0.1) is 11.6 Å². The smallest absolute Gasteiger partial charge is 0.256 e. The molecule has 1 aromatic carbocycles. The normalized spacial score (nSPS) is 18.0. The van der Waals surface area contributed by atoms with Gasteiger partial charge in [-0.05, 0) is 38.2 Å². The van der Waals surface area contributed by atoms with Crippen LogP contribution in [0.5, 0.6) is 0 Å². The second-order valence-electron chi connectivity index (χ2n) is 7.75. The Hall–Kier alpha value is -2.28. The lowest BCUT2D eigenvalue weighted by Crippen LogP contribution is -2.43. The highest BCUT2D eigenvalue weighted by atomic mass is 16.2. The maximum Gasteiger partial charge on any atom is 0.256 e. The van der Waals surface area contributed by atoms with E-state index in [0.29, 0.717) is 18.5 Å². The standard InChI is InChI=1S/C22H27N3O/c23-14-6-7-15-24-16-20(19-10-4-5-11-21(19)24)22(26)25(18-12-13-18)17-8-2-1-3-9-17/h4-5,10-11,16-18H,1-3,6-9,12-13,15H2. The number of aryl methyl sites for hydroxylation is 1. The van der Waals surface area contributed by atoms with Gasteiger partial charge in [-0.1, -0.05) is 37.5 Å². The fraction of sp³-hybridized carbons (Fsp3) is 0.545. The van der Waals surface area contributed by atoms with E-state index in [9.17, 15) is 4.79 Å². The number of hydrogen-bond donors (Lipinski definition) is 0. The van der Waals surface area contributed by atoms with Crippen molar-refractivity contribution < 1.29 is 4.79 Å². The highest BCUT2D eigenvalue weighted by Gasteiger charge is 2.38. The van der Waals surface area contributed by atoms with Crippen molar-refractivity contribution in [1.29, 1.82) is 5.26 Å². The van der Waals surface area contributed by atoms with Gasteiger partial charge >= 0.3 is 0 Å². The number of para-hydroxylation sites is 1. The van der Waals surface area contributed by atoms with E-state index in [4.69, 9.17) is 5.26 Å². The quantitative estimate of drug-likeness (QED) is 0.698. The van der Waals surface area contributed by atoms with Crippen LogP contribution in [0.4, 0.5) is 0 Å². The minimum Gasteiger partial charge on any atom is -0.347 e. The first-order valence-corrected chi connectivity index (χ1v) is 10.1. The Kier molecular flexibility index (Phi) is 4.97. The zero-order valence-corrected chi connectivity index (χ0v) is 15.4. The summed E-state index contributed by atoms with van der Waals surface area (Å²) in [5.41, 5.74) is 1.95. The molecule has 4 nitrogen and oxygen atoms in total. The molecule has 2 aromatic rings. The summed E-state index contributed by atoms with van der Waals surface area (Å²) in [7, 11) is 0. The van der Waals surface area contributed by atoms with Crippen LogP contribution in [0.15, 0.2) is 30.5 Å². The molecule has 136 valence electrons. The van der Waals surface area contributed by atoms with Crippen molar-refractivity contribution in [3.05, 3.63) is 36.0 Å². The Morgan fingerprint density at radius 3 is 2.58 bits per heavy atom. The maximum atomic E-state index is 13.5. The fourth-order valence-electron chi connectivity index (χ4n) is 4.41. The van der Waals surface area contributed by atoms with E-state index in [2.05, 4.69) is 27.7 Å². The Labute approximate surface area is 155 Å². The molecule has 4 rings (SSSR count). The number of carbonyl (C=O) groups is 1. The molecule has 1 amide bonds. The van der Waals surface area contributed by atoms with Crippen LogP contribution in [0.3, 0.4) is 0 Å². The second kappa shape index (κ2) is 7.53. The zero-order chi connectivity index (χ0) is 17.9. The summed E-state index contributed by atoms with van der Waals surface area (Å²) in [6, 6.07) is 11.3. The van der Waals surface area contributed by atoms with Gasteiger partial charge in [0.25, 0.3) is 5.91 Å². The molecule has 0 spiro atoms. The summed E-state index contributed by atoms with van der Waals surface area (Å²) < 4.78 is 2.16. The molecule has 0 aliphatic heterocycles. The van der Waals surface area contributed by atoms with Gasteiger partial charge < -0.3 is 9.47 Å². The summed E-state index contributed by atoms with van der Waals surface area (Å²) in [5.74, 6) is 0.217. The second-order valence-corrected chi connectivity index (χ2v) is 7.75. The lowest BCUT2D eigenvalue weighted by molar-refractivity contribution is 0.0616. The molecule has 0 N–H and O–H groups in total. The number of fused-ring (bicyclic) bond motifs is 1. The molecule has 2 saturated carbocycles. The maximum absolute atomic E-state index is 13.5. The van der Waals surface area contributed by atoms with Crippen LogP contribution in [0.2, 0.25) is 0 Å². The van der Waals surface area contributed by atoms with Crippen LogP contribution in [-0.4, -0.2) is 27.5 Å². The van der Waals surface area contributed by atoms with Crippen molar-refractivity contribution in [1.82, 2.24) is 9.47 Å². The average molecular weight is 349 g/mol. The lowest BCUT2D eigenvalue weighted by atomic mass is 9.93. The lowest BCUT2D eigenvalue weighted by Gasteiger charge is -2.34. The van der Waals surface area contributed by atoms with Crippen molar-refractivity contribution in [2.24, 2.45) is 0 Å².